The second-order valence-electron chi connectivity index (χ2n) is 3.31. The summed E-state index contributed by atoms with van der Waals surface area (Å²) in [6.45, 7) is -1.02. The molecule has 1 unspecified atom stereocenters. The molecule has 0 aromatic heterocycles. The first kappa shape index (κ1) is 11.6. The lowest BCUT2D eigenvalue weighted by Crippen LogP contribution is -2.52. The van der Waals surface area contributed by atoms with Gasteiger partial charge in [0.25, 0.3) is 0 Å². The first-order valence-corrected chi connectivity index (χ1v) is 4.59. The highest BCUT2D eigenvalue weighted by atomic mass is 19.4. The van der Waals surface area contributed by atoms with Crippen LogP contribution in [0, 0.1) is 0 Å². The van der Waals surface area contributed by atoms with E-state index in [0.717, 1.165) is 0 Å². The van der Waals surface area contributed by atoms with Gasteiger partial charge in [-0.05, 0) is 12.1 Å². The van der Waals surface area contributed by atoms with Gasteiger partial charge in [0.2, 0.25) is 0 Å². The number of ether oxygens (including phenoxy) is 3. The Morgan fingerprint density at radius 3 is 2.35 bits per heavy atom. The van der Waals surface area contributed by atoms with E-state index in [-0.39, 0.29) is 5.75 Å². The number of para-hydroxylation sites is 1. The van der Waals surface area contributed by atoms with E-state index >= 15 is 0 Å². The fraction of sp³-hybridized carbons (Fsp3) is 0.300. The van der Waals surface area contributed by atoms with Gasteiger partial charge in [0, 0.05) is 0 Å². The van der Waals surface area contributed by atoms with E-state index in [1.54, 1.807) is 6.07 Å². The predicted octanol–water partition coefficient (Wildman–Crippen LogP) is 2.49. The summed E-state index contributed by atoms with van der Waals surface area (Å²) in [6.07, 6.45) is -6.28. The topological polar surface area (TPSA) is 44.8 Å². The molecule has 0 aliphatic carbocycles. The summed E-state index contributed by atoms with van der Waals surface area (Å²) in [5.41, 5.74) is 0. The van der Waals surface area contributed by atoms with Gasteiger partial charge >= 0.3 is 18.1 Å². The van der Waals surface area contributed by atoms with Crippen molar-refractivity contribution in [3.8, 4) is 5.75 Å². The Kier molecular flexibility index (Phi) is 2.60. The van der Waals surface area contributed by atoms with Gasteiger partial charge < -0.3 is 14.2 Å². The zero-order valence-corrected chi connectivity index (χ0v) is 8.36. The average molecular weight is 248 g/mol. The average Bonchev–Trinajstić information content (AvgIpc) is 2.62. The van der Waals surface area contributed by atoms with Crippen molar-refractivity contribution in [3.05, 3.63) is 30.3 Å². The standard InChI is InChI=1S/C10H7F3O4/c11-10(12,13)9(6-15-8(14)17-9)16-7-4-2-1-3-5-7/h1-5H,6H2. The van der Waals surface area contributed by atoms with Gasteiger partial charge in [-0.15, -0.1) is 0 Å². The number of hydrogen-bond acceptors (Lipinski definition) is 4. The lowest BCUT2D eigenvalue weighted by Gasteiger charge is -2.27. The molecule has 1 aromatic carbocycles. The Balaban J connectivity index is 2.27. The number of carbonyl (C=O) groups is 1. The minimum atomic E-state index is -4.88. The van der Waals surface area contributed by atoms with Crippen molar-refractivity contribution in [2.45, 2.75) is 12.0 Å². The second-order valence-corrected chi connectivity index (χ2v) is 3.31. The zero-order valence-electron chi connectivity index (χ0n) is 8.36. The maximum absolute atomic E-state index is 12.8. The van der Waals surface area contributed by atoms with Crippen molar-refractivity contribution < 1.29 is 32.2 Å². The van der Waals surface area contributed by atoms with E-state index in [1.165, 1.54) is 24.3 Å². The van der Waals surface area contributed by atoms with E-state index in [9.17, 15) is 18.0 Å². The van der Waals surface area contributed by atoms with Gasteiger partial charge in [0.15, 0.2) is 6.61 Å². The van der Waals surface area contributed by atoms with Gasteiger partial charge in [-0.25, -0.2) is 4.79 Å². The number of cyclic esters (lactones) is 2. The Morgan fingerprint density at radius 1 is 1.24 bits per heavy atom. The summed E-state index contributed by atoms with van der Waals surface area (Å²) in [7, 11) is 0. The monoisotopic (exact) mass is 248 g/mol. The van der Waals surface area contributed by atoms with Crippen molar-refractivity contribution in [3.63, 3.8) is 0 Å². The number of carbonyl (C=O) groups excluding carboxylic acids is 1. The molecule has 0 spiro atoms. The molecular formula is C10H7F3O4. The Labute approximate surface area is 93.9 Å². The predicted molar refractivity (Wildman–Crippen MR) is 48.3 cm³/mol. The lowest BCUT2D eigenvalue weighted by molar-refractivity contribution is -0.319. The van der Waals surface area contributed by atoms with Gasteiger partial charge in [0.1, 0.15) is 5.75 Å². The summed E-state index contributed by atoms with van der Waals surface area (Å²) >= 11 is 0. The van der Waals surface area contributed by atoms with E-state index in [4.69, 9.17) is 4.74 Å². The Hall–Kier alpha value is -1.92. The van der Waals surface area contributed by atoms with E-state index in [1.807, 2.05) is 0 Å². The summed E-state index contributed by atoms with van der Waals surface area (Å²) in [6, 6.07) is 7.25. The number of hydrogen-bond donors (Lipinski definition) is 0. The molecule has 1 aromatic rings. The van der Waals surface area contributed by atoms with Crippen LogP contribution in [0.15, 0.2) is 30.3 Å². The molecule has 7 heteroatoms. The molecule has 0 amide bonds. The minimum absolute atomic E-state index is 0.0666. The number of benzene rings is 1. The molecule has 1 heterocycles. The van der Waals surface area contributed by atoms with Gasteiger partial charge in [-0.2, -0.15) is 13.2 Å². The molecule has 4 nitrogen and oxygen atoms in total. The van der Waals surface area contributed by atoms with E-state index < -0.39 is 24.7 Å². The van der Waals surface area contributed by atoms with Crippen LogP contribution < -0.4 is 4.74 Å². The second kappa shape index (κ2) is 3.83. The molecule has 0 N–H and O–H groups in total. The fourth-order valence-corrected chi connectivity index (χ4v) is 1.27. The molecule has 1 fully saturated rings. The smallest absolute Gasteiger partial charge is 0.442 e. The Morgan fingerprint density at radius 2 is 1.88 bits per heavy atom. The normalized spacial score (nSPS) is 24.1. The highest BCUT2D eigenvalue weighted by molar-refractivity contribution is 5.62. The van der Waals surface area contributed by atoms with Crippen LogP contribution in [-0.4, -0.2) is 24.7 Å². The van der Waals surface area contributed by atoms with Crippen molar-refractivity contribution in [2.24, 2.45) is 0 Å². The number of halogens is 3. The highest BCUT2D eigenvalue weighted by Gasteiger charge is 2.66. The maximum atomic E-state index is 12.8. The quantitative estimate of drug-likeness (QED) is 0.754. The van der Waals surface area contributed by atoms with Gasteiger partial charge in [-0.1, -0.05) is 18.2 Å². The summed E-state index contributed by atoms with van der Waals surface area (Å²) in [5, 5.41) is 0. The fourth-order valence-electron chi connectivity index (χ4n) is 1.27. The molecule has 0 saturated carbocycles. The minimum Gasteiger partial charge on any atom is -0.442 e. The van der Waals surface area contributed by atoms with Gasteiger partial charge in [-0.3, -0.25) is 0 Å². The first-order valence-electron chi connectivity index (χ1n) is 4.59. The van der Waals surface area contributed by atoms with Crippen LogP contribution in [-0.2, 0) is 9.47 Å². The van der Waals surface area contributed by atoms with Crippen molar-refractivity contribution in [1.82, 2.24) is 0 Å². The highest BCUT2D eigenvalue weighted by Crippen LogP contribution is 2.39. The zero-order chi connectivity index (χ0) is 12.5. The summed E-state index contributed by atoms with van der Waals surface area (Å²) in [5.74, 6) is -3.13. The van der Waals surface area contributed by atoms with E-state index in [0.29, 0.717) is 0 Å². The molecular weight excluding hydrogens is 241 g/mol. The van der Waals surface area contributed by atoms with Crippen LogP contribution in [0.4, 0.5) is 18.0 Å². The van der Waals surface area contributed by atoms with Crippen molar-refractivity contribution in [2.75, 3.05) is 6.61 Å². The van der Waals surface area contributed by atoms with Crippen LogP contribution in [0.5, 0.6) is 5.75 Å². The maximum Gasteiger partial charge on any atom is 0.512 e. The summed E-state index contributed by atoms with van der Waals surface area (Å²) < 4.78 is 51.4. The largest absolute Gasteiger partial charge is 0.512 e. The molecule has 1 aliphatic rings. The summed E-state index contributed by atoms with van der Waals surface area (Å²) in [4.78, 5) is 10.7. The molecule has 0 bridgehead atoms. The lowest BCUT2D eigenvalue weighted by atomic mass is 10.2. The van der Waals surface area contributed by atoms with Crippen molar-refractivity contribution >= 4 is 6.16 Å². The van der Waals surface area contributed by atoms with Gasteiger partial charge in [0.05, 0.1) is 0 Å². The molecule has 1 saturated heterocycles. The third-order valence-corrected chi connectivity index (χ3v) is 2.09. The van der Waals surface area contributed by atoms with Crippen molar-refractivity contribution in [1.29, 1.82) is 0 Å². The first-order chi connectivity index (χ1) is 7.93. The van der Waals surface area contributed by atoms with E-state index in [2.05, 4.69) is 9.47 Å². The van der Waals surface area contributed by atoms with Crippen LogP contribution in [0.2, 0.25) is 0 Å². The molecule has 1 atom stereocenters. The third-order valence-electron chi connectivity index (χ3n) is 2.09. The number of rotatable bonds is 2. The van der Waals surface area contributed by atoms with Crippen LogP contribution >= 0.6 is 0 Å². The molecule has 0 radical (unpaired) electrons. The van der Waals surface area contributed by atoms with Crippen LogP contribution in [0.3, 0.4) is 0 Å². The van der Waals surface area contributed by atoms with Crippen LogP contribution in [0.1, 0.15) is 0 Å². The van der Waals surface area contributed by atoms with Crippen LogP contribution in [0.25, 0.3) is 0 Å². The molecule has 2 rings (SSSR count). The third kappa shape index (κ3) is 2.13. The molecule has 17 heavy (non-hydrogen) atoms. The Bertz CT molecular complexity index is 417. The molecule has 92 valence electrons. The SMILES string of the molecule is O=C1OCC(Oc2ccccc2)(C(F)(F)F)O1. The number of alkyl halides is 3. The molecule has 1 aliphatic heterocycles.